The van der Waals surface area contributed by atoms with E-state index >= 15 is 0 Å². The Hall–Kier alpha value is -1.73. The topological polar surface area (TPSA) is 69.7 Å². The number of rotatable bonds is 10. The summed E-state index contributed by atoms with van der Waals surface area (Å²) in [4.78, 5) is 28.8. The maximum atomic E-state index is 12.1. The lowest BCUT2D eigenvalue weighted by Crippen LogP contribution is -2.46. The van der Waals surface area contributed by atoms with Gasteiger partial charge in [0, 0.05) is 26.4 Å². The van der Waals surface area contributed by atoms with E-state index in [4.69, 9.17) is 0 Å². The number of imide groups is 1. The van der Waals surface area contributed by atoms with Crippen molar-refractivity contribution in [1.29, 1.82) is 0 Å². The molecule has 1 unspecified atom stereocenters. The van der Waals surface area contributed by atoms with Gasteiger partial charge in [0.1, 0.15) is 0 Å². The summed E-state index contributed by atoms with van der Waals surface area (Å²) in [5.74, 6) is 0.554. The van der Waals surface area contributed by atoms with Gasteiger partial charge in [-0.1, -0.05) is 19.9 Å². The molecule has 1 atom stereocenters. The average Bonchev–Trinajstić information content (AvgIpc) is 2.94. The highest BCUT2D eigenvalue weighted by molar-refractivity contribution is 7.85. The summed E-state index contributed by atoms with van der Waals surface area (Å²) in [6, 6.07) is 6.34. The number of fused-ring (bicyclic) bond motifs is 1. The first-order valence-electron chi connectivity index (χ1n) is 11.0. The van der Waals surface area contributed by atoms with Crippen molar-refractivity contribution in [2.45, 2.75) is 63.7 Å². The van der Waals surface area contributed by atoms with Gasteiger partial charge in [0.05, 0.1) is 27.3 Å². The molecule has 0 spiro atoms. The number of piperidine rings is 1. The number of carbonyl (C=O) groups excluding carboxylic acids is 2. The third kappa shape index (κ3) is 5.91. The molecule has 30 heavy (non-hydrogen) atoms. The Kier molecular flexibility index (Phi) is 7.69. The van der Waals surface area contributed by atoms with Crippen LogP contribution < -0.4 is 10.2 Å². The second kappa shape index (κ2) is 10.1. The van der Waals surface area contributed by atoms with Gasteiger partial charge in [-0.15, -0.1) is 0 Å². The Morgan fingerprint density at radius 2 is 1.70 bits per heavy atom. The van der Waals surface area contributed by atoms with Gasteiger partial charge in [-0.25, -0.2) is 0 Å². The van der Waals surface area contributed by atoms with Crippen LogP contribution >= 0.6 is 0 Å². The molecule has 1 aromatic rings. The Balaban J connectivity index is 1.25. The lowest BCUT2D eigenvalue weighted by Gasteiger charge is -2.34. The molecule has 1 N–H and O–H groups in total. The molecule has 2 aliphatic heterocycles. The molecule has 2 heterocycles. The molecule has 0 saturated carbocycles. The fraction of sp³-hybridized carbons (Fsp3) is 0.652. The molecule has 0 aromatic heterocycles. The highest BCUT2D eigenvalue weighted by Gasteiger charge is 2.36. The van der Waals surface area contributed by atoms with Crippen LogP contribution in [0.5, 0.6) is 0 Å². The predicted octanol–water partition coefficient (Wildman–Crippen LogP) is 3.07. The summed E-state index contributed by atoms with van der Waals surface area (Å²) < 4.78 is 12.1. The average molecular weight is 434 g/mol. The number of likely N-dealkylation sites (tertiary alicyclic amines) is 1. The Morgan fingerprint density at radius 3 is 2.40 bits per heavy atom. The lowest BCUT2D eigenvalue weighted by molar-refractivity contribution is -0.152. The van der Waals surface area contributed by atoms with Crippen molar-refractivity contribution in [3.63, 3.8) is 0 Å². The number of hydrogen-bond donors (Lipinski definition) is 1. The van der Waals surface area contributed by atoms with E-state index < -0.39 is 10.8 Å². The second-order valence-electron chi connectivity index (χ2n) is 9.35. The van der Waals surface area contributed by atoms with Crippen LogP contribution in [0.25, 0.3) is 0 Å². The van der Waals surface area contributed by atoms with E-state index in [1.165, 1.54) is 10.5 Å². The SMILES string of the molecule is CN1CS(=O)c2cc(CCCCNCCCCN3C(=O)CC(C)(C)CC3=O)ccc21. The minimum absolute atomic E-state index is 0.0220. The second-order valence-corrected chi connectivity index (χ2v) is 10.7. The van der Waals surface area contributed by atoms with Gasteiger partial charge in [-0.05, 0) is 68.3 Å². The molecule has 2 aliphatic rings. The van der Waals surface area contributed by atoms with Crippen LogP contribution in [0.2, 0.25) is 0 Å². The first-order chi connectivity index (χ1) is 14.3. The van der Waals surface area contributed by atoms with Crippen LogP contribution in [0, 0.1) is 5.41 Å². The summed E-state index contributed by atoms with van der Waals surface area (Å²) in [6.45, 7) is 6.38. The number of amides is 2. The number of carbonyl (C=O) groups is 2. The van der Waals surface area contributed by atoms with Crippen molar-refractivity contribution in [2.75, 3.05) is 37.5 Å². The predicted molar refractivity (Wildman–Crippen MR) is 121 cm³/mol. The number of anilines is 1. The van der Waals surface area contributed by atoms with E-state index in [1.54, 1.807) is 0 Å². The number of aryl methyl sites for hydroxylation is 1. The van der Waals surface area contributed by atoms with Gasteiger partial charge in [0.15, 0.2) is 0 Å². The van der Waals surface area contributed by atoms with Crippen molar-refractivity contribution in [3.05, 3.63) is 23.8 Å². The van der Waals surface area contributed by atoms with Crippen molar-refractivity contribution in [3.8, 4) is 0 Å². The van der Waals surface area contributed by atoms with Crippen LogP contribution in [0.1, 0.15) is 57.9 Å². The Bertz CT molecular complexity index is 789. The fourth-order valence-electron chi connectivity index (χ4n) is 4.21. The Labute approximate surface area is 182 Å². The normalized spacial score (nSPS) is 20.7. The lowest BCUT2D eigenvalue weighted by atomic mass is 9.82. The molecule has 1 aromatic carbocycles. The zero-order valence-electron chi connectivity index (χ0n) is 18.5. The largest absolute Gasteiger partial charge is 0.361 e. The van der Waals surface area contributed by atoms with Gasteiger partial charge in [-0.2, -0.15) is 0 Å². The number of nitrogens with one attached hydrogen (secondary N) is 1. The van der Waals surface area contributed by atoms with E-state index in [0.29, 0.717) is 25.3 Å². The molecule has 1 saturated heterocycles. The maximum absolute atomic E-state index is 12.1. The highest BCUT2D eigenvalue weighted by atomic mass is 32.2. The van der Waals surface area contributed by atoms with E-state index in [-0.39, 0.29) is 17.2 Å². The molecular weight excluding hydrogens is 398 g/mol. The third-order valence-electron chi connectivity index (χ3n) is 5.91. The van der Waals surface area contributed by atoms with E-state index in [0.717, 1.165) is 55.8 Å². The molecule has 166 valence electrons. The Morgan fingerprint density at radius 1 is 1.03 bits per heavy atom. The van der Waals surface area contributed by atoms with Gasteiger partial charge in [0.25, 0.3) is 0 Å². The molecular formula is C23H35N3O3S. The van der Waals surface area contributed by atoms with Gasteiger partial charge in [-0.3, -0.25) is 18.7 Å². The van der Waals surface area contributed by atoms with Crippen molar-refractivity contribution < 1.29 is 13.8 Å². The summed E-state index contributed by atoms with van der Waals surface area (Å²) in [5, 5.41) is 3.46. The quantitative estimate of drug-likeness (QED) is 0.454. The van der Waals surface area contributed by atoms with E-state index in [1.807, 2.05) is 20.9 Å². The summed E-state index contributed by atoms with van der Waals surface area (Å²) in [5.41, 5.74) is 2.16. The van der Waals surface area contributed by atoms with E-state index in [9.17, 15) is 13.8 Å². The molecule has 1 fully saturated rings. The van der Waals surface area contributed by atoms with Crippen molar-refractivity contribution in [2.24, 2.45) is 5.41 Å². The number of hydrogen-bond acceptors (Lipinski definition) is 5. The number of benzene rings is 1. The standard InChI is InChI=1S/C23H35N3O3S/c1-23(2)15-21(27)26(22(28)16-23)13-7-6-12-24-11-5-4-8-18-9-10-19-20(14-18)30(29)17-25(19)3/h9-10,14,24H,4-8,11-13,15-17H2,1-3H3. The minimum Gasteiger partial charge on any atom is -0.361 e. The monoisotopic (exact) mass is 433 g/mol. The van der Waals surface area contributed by atoms with E-state index in [2.05, 4.69) is 28.4 Å². The molecule has 0 bridgehead atoms. The summed E-state index contributed by atoms with van der Waals surface area (Å²) in [6.07, 6.45) is 5.95. The van der Waals surface area contributed by atoms with Crippen LogP contribution in [-0.4, -0.2) is 53.5 Å². The smallest absolute Gasteiger partial charge is 0.229 e. The van der Waals surface area contributed by atoms with Gasteiger partial charge >= 0.3 is 0 Å². The molecule has 0 aliphatic carbocycles. The fourth-order valence-corrected chi connectivity index (χ4v) is 5.58. The van der Waals surface area contributed by atoms with Crippen LogP contribution in [0.15, 0.2) is 23.1 Å². The molecule has 7 heteroatoms. The minimum atomic E-state index is -0.894. The summed E-state index contributed by atoms with van der Waals surface area (Å²) >= 11 is 0. The number of nitrogens with zero attached hydrogens (tertiary/aromatic N) is 2. The van der Waals surface area contributed by atoms with Crippen LogP contribution in [0.3, 0.4) is 0 Å². The van der Waals surface area contributed by atoms with Crippen LogP contribution in [-0.2, 0) is 26.8 Å². The van der Waals surface area contributed by atoms with Gasteiger partial charge < -0.3 is 10.2 Å². The van der Waals surface area contributed by atoms with Crippen molar-refractivity contribution in [1.82, 2.24) is 10.2 Å². The molecule has 2 amide bonds. The van der Waals surface area contributed by atoms with Crippen molar-refractivity contribution >= 4 is 28.3 Å². The van der Waals surface area contributed by atoms with Crippen LogP contribution in [0.4, 0.5) is 5.69 Å². The maximum Gasteiger partial charge on any atom is 0.229 e. The zero-order valence-corrected chi connectivity index (χ0v) is 19.4. The molecule has 0 radical (unpaired) electrons. The molecule has 6 nitrogen and oxygen atoms in total. The third-order valence-corrected chi connectivity index (χ3v) is 7.35. The highest BCUT2D eigenvalue weighted by Crippen LogP contribution is 2.32. The van der Waals surface area contributed by atoms with Gasteiger partial charge in [0.2, 0.25) is 11.8 Å². The number of unbranched alkanes of at least 4 members (excludes halogenated alkanes) is 2. The zero-order chi connectivity index (χ0) is 21.7. The molecule has 3 rings (SSSR count). The summed E-state index contributed by atoms with van der Waals surface area (Å²) in [7, 11) is 1.09. The first kappa shape index (κ1) is 22.9. The first-order valence-corrected chi connectivity index (χ1v) is 12.4.